The fraction of sp³-hybridized carbons (Fsp3) is 0.391. The molecule has 2 aromatic carbocycles. The van der Waals surface area contributed by atoms with Gasteiger partial charge in [0.2, 0.25) is 11.8 Å². The smallest absolute Gasteiger partial charge is 0.235 e. The van der Waals surface area contributed by atoms with Crippen LogP contribution in [0.2, 0.25) is 0 Å². The van der Waals surface area contributed by atoms with E-state index in [2.05, 4.69) is 5.32 Å². The van der Waals surface area contributed by atoms with Gasteiger partial charge in [-0.1, -0.05) is 30.3 Å². The topological polar surface area (TPSA) is 58.6 Å². The summed E-state index contributed by atoms with van der Waals surface area (Å²) in [4.78, 5) is 27.2. The van der Waals surface area contributed by atoms with Crippen LogP contribution in [0.4, 0.5) is 11.4 Å². The second kappa shape index (κ2) is 8.15. The Morgan fingerprint density at radius 3 is 2.36 bits per heavy atom. The van der Waals surface area contributed by atoms with Crippen LogP contribution in [0.15, 0.2) is 54.6 Å². The van der Waals surface area contributed by atoms with Crippen molar-refractivity contribution in [3.05, 3.63) is 60.2 Å². The molecule has 5 nitrogen and oxygen atoms in total. The monoisotopic (exact) mass is 378 g/mol. The zero-order valence-electron chi connectivity index (χ0n) is 16.0. The predicted octanol–water partition coefficient (Wildman–Crippen LogP) is 3.89. The Balaban J connectivity index is 1.52. The van der Waals surface area contributed by atoms with Crippen molar-refractivity contribution in [1.82, 2.24) is 0 Å². The third-order valence-corrected chi connectivity index (χ3v) is 5.87. The molecule has 1 N–H and O–H groups in total. The van der Waals surface area contributed by atoms with Crippen molar-refractivity contribution < 1.29 is 14.3 Å². The first-order valence-electron chi connectivity index (χ1n) is 10.0. The van der Waals surface area contributed by atoms with E-state index >= 15 is 0 Å². The Morgan fingerprint density at radius 1 is 0.964 bits per heavy atom. The van der Waals surface area contributed by atoms with Crippen LogP contribution in [0.25, 0.3) is 0 Å². The lowest BCUT2D eigenvalue weighted by molar-refractivity contribution is -0.125. The molecule has 2 fully saturated rings. The number of carbonyl (C=O) groups is 2. The Hall–Kier alpha value is -2.66. The first-order chi connectivity index (χ1) is 13.7. The number of nitrogens with zero attached hydrogens (tertiary/aromatic N) is 1. The van der Waals surface area contributed by atoms with Gasteiger partial charge < -0.3 is 15.0 Å². The molecule has 0 spiro atoms. The summed E-state index contributed by atoms with van der Waals surface area (Å²) in [6.07, 6.45) is 3.95. The maximum Gasteiger partial charge on any atom is 0.235 e. The second-order valence-electron chi connectivity index (χ2n) is 7.56. The van der Waals surface area contributed by atoms with Crippen LogP contribution in [-0.2, 0) is 19.7 Å². The molecule has 0 aliphatic carbocycles. The molecule has 5 heteroatoms. The zero-order valence-corrected chi connectivity index (χ0v) is 16.0. The van der Waals surface area contributed by atoms with Gasteiger partial charge in [0, 0.05) is 37.6 Å². The third kappa shape index (κ3) is 3.67. The maximum absolute atomic E-state index is 13.3. The van der Waals surface area contributed by atoms with Gasteiger partial charge in [-0.25, -0.2) is 0 Å². The van der Waals surface area contributed by atoms with E-state index in [0.29, 0.717) is 32.5 Å². The van der Waals surface area contributed by atoms with Crippen molar-refractivity contribution in [3.8, 4) is 0 Å². The highest BCUT2D eigenvalue weighted by molar-refractivity contribution is 6.00. The van der Waals surface area contributed by atoms with E-state index < -0.39 is 5.41 Å². The molecule has 4 rings (SSSR count). The first kappa shape index (κ1) is 18.7. The summed E-state index contributed by atoms with van der Waals surface area (Å²) in [5.41, 5.74) is 2.11. The fourth-order valence-electron chi connectivity index (χ4n) is 4.18. The van der Waals surface area contributed by atoms with Crippen molar-refractivity contribution in [2.45, 2.75) is 37.5 Å². The summed E-state index contributed by atoms with van der Waals surface area (Å²) in [6.45, 7) is 1.93. The predicted molar refractivity (Wildman–Crippen MR) is 109 cm³/mol. The molecular weight excluding hydrogens is 352 g/mol. The lowest BCUT2D eigenvalue weighted by atomic mass is 9.73. The number of benzene rings is 2. The van der Waals surface area contributed by atoms with E-state index in [9.17, 15) is 9.59 Å². The molecule has 2 aliphatic rings. The summed E-state index contributed by atoms with van der Waals surface area (Å²) in [7, 11) is 0. The van der Waals surface area contributed by atoms with E-state index in [-0.39, 0.29) is 11.8 Å². The molecule has 146 valence electrons. The van der Waals surface area contributed by atoms with E-state index in [4.69, 9.17) is 4.74 Å². The van der Waals surface area contributed by atoms with Crippen LogP contribution < -0.4 is 10.2 Å². The first-order valence-corrected chi connectivity index (χ1v) is 10.0. The molecule has 0 bridgehead atoms. The third-order valence-electron chi connectivity index (χ3n) is 5.87. The minimum Gasteiger partial charge on any atom is -0.381 e. The Labute approximate surface area is 165 Å². The number of hydrogen-bond acceptors (Lipinski definition) is 3. The highest BCUT2D eigenvalue weighted by Crippen LogP contribution is 2.36. The lowest BCUT2D eigenvalue weighted by Crippen LogP contribution is -2.44. The van der Waals surface area contributed by atoms with Gasteiger partial charge in [0.1, 0.15) is 0 Å². The van der Waals surface area contributed by atoms with Crippen molar-refractivity contribution in [2.75, 3.05) is 30.0 Å². The normalized spacial score (nSPS) is 19.3. The van der Waals surface area contributed by atoms with Gasteiger partial charge in [0.25, 0.3) is 0 Å². The summed E-state index contributed by atoms with van der Waals surface area (Å²) < 4.78 is 5.52. The van der Waals surface area contributed by atoms with Crippen LogP contribution in [0.1, 0.15) is 37.7 Å². The highest BCUT2D eigenvalue weighted by atomic mass is 16.5. The molecule has 2 heterocycles. The summed E-state index contributed by atoms with van der Waals surface area (Å²) >= 11 is 0. The molecule has 0 radical (unpaired) electrons. The van der Waals surface area contributed by atoms with Gasteiger partial charge in [-0.3, -0.25) is 9.59 Å². The maximum atomic E-state index is 13.3. The number of carbonyl (C=O) groups excluding carboxylic acids is 2. The van der Waals surface area contributed by atoms with Crippen molar-refractivity contribution in [3.63, 3.8) is 0 Å². The molecule has 0 unspecified atom stereocenters. The standard InChI is InChI=1S/C23H26N2O3/c26-21-8-4-5-15-25(21)20-11-9-19(10-12-20)24-22(27)23(13-16-28-17-14-23)18-6-2-1-3-7-18/h1-3,6-7,9-12H,4-5,8,13-17H2,(H,24,27). The van der Waals surface area contributed by atoms with E-state index in [1.165, 1.54) is 0 Å². The Kier molecular flexibility index (Phi) is 5.44. The van der Waals surface area contributed by atoms with Crippen LogP contribution in [0.5, 0.6) is 0 Å². The summed E-state index contributed by atoms with van der Waals surface area (Å²) in [6, 6.07) is 17.6. The van der Waals surface area contributed by atoms with Crippen molar-refractivity contribution in [1.29, 1.82) is 0 Å². The van der Waals surface area contributed by atoms with Crippen LogP contribution >= 0.6 is 0 Å². The van der Waals surface area contributed by atoms with E-state index in [1.807, 2.05) is 59.5 Å². The summed E-state index contributed by atoms with van der Waals surface area (Å²) in [5.74, 6) is 0.178. The van der Waals surface area contributed by atoms with Gasteiger partial charge in [-0.15, -0.1) is 0 Å². The van der Waals surface area contributed by atoms with E-state index in [1.54, 1.807) is 0 Å². The quantitative estimate of drug-likeness (QED) is 0.878. The van der Waals surface area contributed by atoms with Crippen LogP contribution in [0.3, 0.4) is 0 Å². The Bertz CT molecular complexity index is 827. The molecule has 28 heavy (non-hydrogen) atoms. The number of amides is 2. The minimum absolute atomic E-state index is 0.00352. The highest BCUT2D eigenvalue weighted by Gasteiger charge is 2.41. The second-order valence-corrected chi connectivity index (χ2v) is 7.56. The van der Waals surface area contributed by atoms with Gasteiger partial charge in [0.05, 0.1) is 5.41 Å². The summed E-state index contributed by atoms with van der Waals surface area (Å²) in [5, 5.41) is 3.09. The van der Waals surface area contributed by atoms with Crippen molar-refractivity contribution in [2.24, 2.45) is 0 Å². The SMILES string of the molecule is O=C1CCCCN1c1ccc(NC(=O)C2(c3ccccc3)CCOCC2)cc1. The van der Waals surface area contributed by atoms with Gasteiger partial charge in [-0.2, -0.15) is 0 Å². The Morgan fingerprint density at radius 2 is 1.68 bits per heavy atom. The number of rotatable bonds is 4. The number of nitrogens with one attached hydrogen (secondary N) is 1. The zero-order chi connectivity index (χ0) is 19.4. The average Bonchev–Trinajstić information content (AvgIpc) is 2.76. The number of piperidine rings is 1. The van der Waals surface area contributed by atoms with E-state index in [0.717, 1.165) is 36.3 Å². The van der Waals surface area contributed by atoms with Gasteiger partial charge >= 0.3 is 0 Å². The fourth-order valence-corrected chi connectivity index (χ4v) is 4.18. The number of anilines is 2. The number of hydrogen-bond donors (Lipinski definition) is 1. The van der Waals surface area contributed by atoms with Gasteiger partial charge in [0.15, 0.2) is 0 Å². The molecule has 0 saturated carbocycles. The lowest BCUT2D eigenvalue weighted by Gasteiger charge is -2.36. The average molecular weight is 378 g/mol. The van der Waals surface area contributed by atoms with Gasteiger partial charge in [-0.05, 0) is 55.5 Å². The molecule has 2 aromatic rings. The largest absolute Gasteiger partial charge is 0.381 e. The van der Waals surface area contributed by atoms with Crippen LogP contribution in [-0.4, -0.2) is 31.6 Å². The molecule has 0 aromatic heterocycles. The minimum atomic E-state index is -0.568. The number of ether oxygens (including phenoxy) is 1. The van der Waals surface area contributed by atoms with Crippen molar-refractivity contribution >= 4 is 23.2 Å². The molecule has 0 atom stereocenters. The molecular formula is C23H26N2O3. The molecule has 2 saturated heterocycles. The van der Waals surface area contributed by atoms with Crippen LogP contribution in [0, 0.1) is 0 Å². The molecule has 2 amide bonds. The molecule has 2 aliphatic heterocycles.